The van der Waals surface area contributed by atoms with Gasteiger partial charge >= 0.3 is 5.97 Å². The van der Waals surface area contributed by atoms with Crippen LogP contribution in [0, 0.1) is 0 Å². The fourth-order valence-corrected chi connectivity index (χ4v) is 4.40. The van der Waals surface area contributed by atoms with Crippen molar-refractivity contribution in [1.82, 2.24) is 9.97 Å². The summed E-state index contributed by atoms with van der Waals surface area (Å²) in [6.45, 7) is 0. The number of aromatic nitrogens is 2. The van der Waals surface area contributed by atoms with E-state index in [1.807, 2.05) is 0 Å². The van der Waals surface area contributed by atoms with E-state index in [4.69, 9.17) is 5.11 Å². The Morgan fingerprint density at radius 1 is 1.40 bits per heavy atom. The SMILES string of the molecule is O=C(O)CSCc1nc2sc3c(c2c(=O)[nH]1)CCCC3. The molecule has 0 saturated carbocycles. The molecular formula is C13H14N2O3S2. The quantitative estimate of drug-likeness (QED) is 0.904. The van der Waals surface area contributed by atoms with Crippen molar-refractivity contribution in [2.75, 3.05) is 5.75 Å². The Labute approximate surface area is 123 Å². The van der Waals surface area contributed by atoms with Gasteiger partial charge in [-0.2, -0.15) is 0 Å². The Kier molecular flexibility index (Phi) is 3.80. The Hall–Kier alpha value is -1.34. The van der Waals surface area contributed by atoms with Crippen molar-refractivity contribution in [2.45, 2.75) is 31.4 Å². The molecule has 0 aromatic carbocycles. The summed E-state index contributed by atoms with van der Waals surface area (Å²) < 4.78 is 0. The highest BCUT2D eigenvalue weighted by molar-refractivity contribution is 7.99. The molecule has 3 rings (SSSR count). The molecule has 0 amide bonds. The summed E-state index contributed by atoms with van der Waals surface area (Å²) in [6, 6.07) is 0. The maximum Gasteiger partial charge on any atom is 0.313 e. The maximum atomic E-state index is 12.2. The Morgan fingerprint density at radius 3 is 3.00 bits per heavy atom. The second kappa shape index (κ2) is 5.57. The fourth-order valence-electron chi connectivity index (χ4n) is 2.51. The van der Waals surface area contributed by atoms with Gasteiger partial charge in [-0.1, -0.05) is 0 Å². The van der Waals surface area contributed by atoms with E-state index in [2.05, 4.69) is 9.97 Å². The average Bonchev–Trinajstić information content (AvgIpc) is 2.76. The van der Waals surface area contributed by atoms with Gasteiger partial charge in [0.2, 0.25) is 0 Å². The lowest BCUT2D eigenvalue weighted by atomic mass is 9.97. The number of aromatic amines is 1. The van der Waals surface area contributed by atoms with Crippen molar-refractivity contribution < 1.29 is 9.90 Å². The molecular weight excluding hydrogens is 296 g/mol. The number of hydrogen-bond acceptors (Lipinski definition) is 5. The minimum atomic E-state index is -0.856. The number of H-pyrrole nitrogens is 1. The first kappa shape index (κ1) is 13.6. The van der Waals surface area contributed by atoms with Crippen molar-refractivity contribution in [1.29, 1.82) is 0 Å². The van der Waals surface area contributed by atoms with E-state index >= 15 is 0 Å². The van der Waals surface area contributed by atoms with Crippen molar-refractivity contribution in [3.8, 4) is 0 Å². The summed E-state index contributed by atoms with van der Waals surface area (Å²) in [6.07, 6.45) is 4.32. The number of carboxylic acid groups (broad SMARTS) is 1. The van der Waals surface area contributed by atoms with Gasteiger partial charge in [0.25, 0.3) is 5.56 Å². The second-order valence-corrected chi connectivity index (χ2v) is 6.86. The maximum absolute atomic E-state index is 12.2. The average molecular weight is 310 g/mol. The van der Waals surface area contributed by atoms with E-state index in [0.717, 1.165) is 29.5 Å². The second-order valence-electron chi connectivity index (χ2n) is 4.79. The highest BCUT2D eigenvalue weighted by atomic mass is 32.2. The predicted octanol–water partition coefficient (Wildman–Crippen LogP) is 2.18. The first-order valence-electron chi connectivity index (χ1n) is 6.48. The molecule has 2 N–H and O–H groups in total. The number of nitrogens with one attached hydrogen (secondary N) is 1. The van der Waals surface area contributed by atoms with Crippen LogP contribution in [-0.4, -0.2) is 26.8 Å². The summed E-state index contributed by atoms with van der Waals surface area (Å²) >= 11 is 2.85. The Morgan fingerprint density at radius 2 is 2.20 bits per heavy atom. The van der Waals surface area contributed by atoms with Gasteiger partial charge in [0.05, 0.1) is 16.9 Å². The van der Waals surface area contributed by atoms with Crippen LogP contribution >= 0.6 is 23.1 Å². The van der Waals surface area contributed by atoms with Gasteiger partial charge in [0.1, 0.15) is 10.7 Å². The van der Waals surface area contributed by atoms with E-state index in [1.54, 1.807) is 11.3 Å². The Balaban J connectivity index is 1.94. The van der Waals surface area contributed by atoms with Crippen LogP contribution in [0.2, 0.25) is 0 Å². The molecule has 106 valence electrons. The number of thioether (sulfide) groups is 1. The lowest BCUT2D eigenvalue weighted by Gasteiger charge is -2.09. The third-order valence-corrected chi connectivity index (χ3v) is 5.45. The van der Waals surface area contributed by atoms with Gasteiger partial charge in [-0.3, -0.25) is 9.59 Å². The summed E-state index contributed by atoms with van der Waals surface area (Å²) in [5, 5.41) is 9.36. The number of aliphatic carboxylic acids is 1. The van der Waals surface area contributed by atoms with Crippen LogP contribution in [0.1, 0.15) is 29.1 Å². The molecule has 2 aromatic heterocycles. The molecule has 0 fully saturated rings. The molecule has 0 unspecified atom stereocenters. The molecule has 1 aliphatic rings. The molecule has 0 aliphatic heterocycles. The zero-order chi connectivity index (χ0) is 14.1. The number of carboxylic acids is 1. The topological polar surface area (TPSA) is 83.0 Å². The zero-order valence-electron chi connectivity index (χ0n) is 10.8. The van der Waals surface area contributed by atoms with Crippen LogP contribution < -0.4 is 5.56 Å². The van der Waals surface area contributed by atoms with E-state index in [-0.39, 0.29) is 11.3 Å². The lowest BCUT2D eigenvalue weighted by Crippen LogP contribution is -2.12. The van der Waals surface area contributed by atoms with Crippen LogP contribution in [0.4, 0.5) is 0 Å². The number of hydrogen-bond donors (Lipinski definition) is 2. The van der Waals surface area contributed by atoms with E-state index in [9.17, 15) is 9.59 Å². The third-order valence-electron chi connectivity index (χ3n) is 3.34. The molecule has 2 aromatic rings. The summed E-state index contributed by atoms with van der Waals surface area (Å²) in [5.74, 6) is 0.139. The first-order chi connectivity index (χ1) is 9.65. The summed E-state index contributed by atoms with van der Waals surface area (Å²) in [5.41, 5.74) is 1.09. The van der Waals surface area contributed by atoms with Crippen LogP contribution in [0.5, 0.6) is 0 Å². The molecule has 0 atom stereocenters. The number of carbonyl (C=O) groups is 1. The van der Waals surface area contributed by atoms with Crippen LogP contribution in [0.15, 0.2) is 4.79 Å². The third kappa shape index (κ3) is 2.60. The number of rotatable bonds is 4. The molecule has 0 spiro atoms. The van der Waals surface area contributed by atoms with Crippen LogP contribution in [-0.2, 0) is 23.4 Å². The zero-order valence-corrected chi connectivity index (χ0v) is 12.4. The van der Waals surface area contributed by atoms with Crippen molar-refractivity contribution >= 4 is 39.3 Å². The summed E-state index contributed by atoms with van der Waals surface area (Å²) in [4.78, 5) is 32.1. The van der Waals surface area contributed by atoms with E-state index in [0.29, 0.717) is 11.6 Å². The molecule has 2 heterocycles. The number of fused-ring (bicyclic) bond motifs is 3. The normalized spacial score (nSPS) is 14.4. The van der Waals surface area contributed by atoms with Gasteiger partial charge in [-0.05, 0) is 31.2 Å². The molecule has 1 aliphatic carbocycles. The van der Waals surface area contributed by atoms with Gasteiger partial charge in [-0.15, -0.1) is 23.1 Å². The van der Waals surface area contributed by atoms with Crippen LogP contribution in [0.25, 0.3) is 10.2 Å². The van der Waals surface area contributed by atoms with Gasteiger partial charge in [-0.25, -0.2) is 4.98 Å². The van der Waals surface area contributed by atoms with Gasteiger partial charge in [0.15, 0.2) is 0 Å². The van der Waals surface area contributed by atoms with E-state index in [1.165, 1.54) is 28.6 Å². The van der Waals surface area contributed by atoms with Crippen molar-refractivity contribution in [3.63, 3.8) is 0 Å². The van der Waals surface area contributed by atoms with Gasteiger partial charge in [0, 0.05) is 4.88 Å². The molecule has 20 heavy (non-hydrogen) atoms. The molecule has 0 saturated heterocycles. The Bertz CT molecular complexity index is 720. The first-order valence-corrected chi connectivity index (χ1v) is 8.45. The standard InChI is InChI=1S/C13H14N2O3S2/c16-10(17)6-19-5-9-14-12(18)11-7-3-1-2-4-8(7)20-13(11)15-9/h1-6H2,(H,16,17)(H,14,15,18). The molecule has 7 heteroatoms. The number of thiophene rings is 1. The van der Waals surface area contributed by atoms with Crippen LogP contribution in [0.3, 0.4) is 0 Å². The van der Waals surface area contributed by atoms with Crippen molar-refractivity contribution in [2.24, 2.45) is 0 Å². The lowest BCUT2D eigenvalue weighted by molar-refractivity contribution is -0.133. The van der Waals surface area contributed by atoms with Crippen molar-refractivity contribution in [3.05, 3.63) is 26.6 Å². The smallest absolute Gasteiger partial charge is 0.313 e. The minimum absolute atomic E-state index is 0.0166. The van der Waals surface area contributed by atoms with E-state index < -0.39 is 5.97 Å². The predicted molar refractivity (Wildman–Crippen MR) is 80.7 cm³/mol. The largest absolute Gasteiger partial charge is 0.481 e. The number of aryl methyl sites for hydroxylation is 2. The molecule has 0 radical (unpaired) electrons. The highest BCUT2D eigenvalue weighted by Crippen LogP contribution is 2.33. The fraction of sp³-hybridized carbons (Fsp3) is 0.462. The number of nitrogens with zero attached hydrogens (tertiary/aromatic N) is 1. The highest BCUT2D eigenvalue weighted by Gasteiger charge is 2.19. The molecule has 5 nitrogen and oxygen atoms in total. The van der Waals surface area contributed by atoms with Gasteiger partial charge < -0.3 is 10.1 Å². The minimum Gasteiger partial charge on any atom is -0.481 e. The monoisotopic (exact) mass is 310 g/mol. The summed E-state index contributed by atoms with van der Waals surface area (Å²) in [7, 11) is 0. The molecule has 0 bridgehead atoms.